The summed E-state index contributed by atoms with van der Waals surface area (Å²) >= 11 is 0. The van der Waals surface area contributed by atoms with E-state index in [1.54, 1.807) is 54.3 Å². The molecule has 1 saturated carbocycles. The number of aliphatic hydroxyl groups excluding tert-OH is 2. The van der Waals surface area contributed by atoms with Crippen LogP contribution in [0.25, 0.3) is 11.2 Å². The van der Waals surface area contributed by atoms with Crippen molar-refractivity contribution in [1.82, 2.24) is 35.1 Å². The van der Waals surface area contributed by atoms with Crippen LogP contribution in [0.4, 0.5) is 17.6 Å². The van der Waals surface area contributed by atoms with Crippen molar-refractivity contribution >= 4 is 40.6 Å². The maximum atomic E-state index is 13.4. The van der Waals surface area contributed by atoms with Gasteiger partial charge in [-0.05, 0) is 60.4 Å². The minimum Gasteiger partial charge on any atom is -0.508 e. The molecule has 0 unspecified atom stereocenters. The highest BCUT2D eigenvalue weighted by molar-refractivity contribution is 5.94. The summed E-state index contributed by atoms with van der Waals surface area (Å²) in [7, 11) is 0. The summed E-state index contributed by atoms with van der Waals surface area (Å²) in [6, 6.07) is 16.0. The van der Waals surface area contributed by atoms with E-state index in [9.17, 15) is 30.0 Å². The van der Waals surface area contributed by atoms with Crippen molar-refractivity contribution in [3.8, 4) is 11.5 Å². The number of nitrogens with zero attached hydrogens (tertiary/aromatic N) is 7. The molecule has 3 fully saturated rings. The molecule has 17 nitrogen and oxygen atoms in total. The number of carbonyl (C=O) groups excluding carboxylic acids is 2. The zero-order chi connectivity index (χ0) is 40.3. The third-order valence-corrected chi connectivity index (χ3v) is 11.3. The summed E-state index contributed by atoms with van der Waals surface area (Å²) < 4.78 is 7.17. The molecule has 2 saturated heterocycles. The lowest BCUT2D eigenvalue weighted by Crippen LogP contribution is -2.42. The van der Waals surface area contributed by atoms with E-state index >= 15 is 0 Å². The maximum Gasteiger partial charge on any atom is 0.253 e. The highest BCUT2D eigenvalue weighted by atomic mass is 16.5. The zero-order valence-corrected chi connectivity index (χ0v) is 32.1. The second-order valence-corrected chi connectivity index (χ2v) is 15.0. The number of benzene rings is 2. The van der Waals surface area contributed by atoms with Gasteiger partial charge in [0.15, 0.2) is 17.0 Å². The molecule has 5 aromatic rings. The number of fused-ring (bicyclic) bond motifs is 1. The lowest BCUT2D eigenvalue weighted by molar-refractivity contribution is -0.122. The minimum absolute atomic E-state index is 0.142. The normalized spacial score (nSPS) is 22.1. The Morgan fingerprint density at radius 3 is 2.22 bits per heavy atom. The van der Waals surface area contributed by atoms with Crippen LogP contribution < -0.4 is 25.8 Å². The van der Waals surface area contributed by atoms with Gasteiger partial charge in [0, 0.05) is 57.3 Å². The topological polar surface area (TPSA) is 223 Å². The number of carbonyl (C=O) groups is 2. The number of aliphatic hydroxyl groups is 2. The Morgan fingerprint density at radius 2 is 1.57 bits per heavy atom. The molecule has 0 radical (unpaired) electrons. The van der Waals surface area contributed by atoms with Crippen LogP contribution in [0.15, 0.2) is 73.2 Å². The Morgan fingerprint density at radius 1 is 0.862 bits per heavy atom. The van der Waals surface area contributed by atoms with Gasteiger partial charge in [0.05, 0.1) is 37.2 Å². The van der Waals surface area contributed by atoms with Gasteiger partial charge in [-0.3, -0.25) is 9.59 Å². The Bertz CT molecular complexity index is 2170. The van der Waals surface area contributed by atoms with Crippen LogP contribution in [0.3, 0.4) is 0 Å². The summed E-state index contributed by atoms with van der Waals surface area (Å²) in [5.41, 5.74) is 3.17. The van der Waals surface area contributed by atoms with Gasteiger partial charge in [0.25, 0.3) is 5.91 Å². The van der Waals surface area contributed by atoms with E-state index in [1.807, 2.05) is 35.2 Å². The minimum atomic E-state index is -1.20. The molecule has 2 aliphatic heterocycles. The first kappa shape index (κ1) is 38.8. The van der Waals surface area contributed by atoms with Crippen LogP contribution in [-0.2, 0) is 9.53 Å². The molecule has 2 amide bonds. The summed E-state index contributed by atoms with van der Waals surface area (Å²) in [4.78, 5) is 48.9. The van der Waals surface area contributed by atoms with Crippen LogP contribution >= 0.6 is 0 Å². The highest BCUT2D eigenvalue weighted by Gasteiger charge is 2.44. The molecule has 3 aliphatic rings. The third-order valence-electron chi connectivity index (χ3n) is 11.3. The Kier molecular flexibility index (Phi) is 11.3. The van der Waals surface area contributed by atoms with Gasteiger partial charge in [-0.15, -0.1) is 0 Å². The number of ether oxygens (including phenoxy) is 1. The van der Waals surface area contributed by atoms with E-state index in [4.69, 9.17) is 19.7 Å². The van der Waals surface area contributed by atoms with E-state index < -0.39 is 24.3 Å². The second kappa shape index (κ2) is 16.8. The summed E-state index contributed by atoms with van der Waals surface area (Å²) in [5.74, 6) is 1.24. The number of anilines is 3. The van der Waals surface area contributed by atoms with Crippen molar-refractivity contribution in [3.05, 3.63) is 89.9 Å². The molecule has 5 heterocycles. The van der Waals surface area contributed by atoms with Crippen molar-refractivity contribution in [2.45, 2.75) is 62.4 Å². The number of rotatable bonds is 12. The lowest BCUT2D eigenvalue weighted by atomic mass is 9.91. The van der Waals surface area contributed by atoms with Gasteiger partial charge in [0.2, 0.25) is 11.9 Å². The quantitative estimate of drug-likeness (QED) is 0.0964. The van der Waals surface area contributed by atoms with E-state index in [2.05, 4.69) is 25.8 Å². The molecule has 8 rings (SSSR count). The predicted octanol–water partition coefficient (Wildman–Crippen LogP) is 2.28. The van der Waals surface area contributed by atoms with E-state index in [0.717, 1.165) is 30.0 Å². The van der Waals surface area contributed by atoms with Gasteiger partial charge in [-0.25, -0.2) is 9.97 Å². The molecule has 5 atom stereocenters. The monoisotopic (exact) mass is 792 g/mol. The van der Waals surface area contributed by atoms with Crippen LogP contribution in [0.5, 0.6) is 11.5 Å². The fourth-order valence-electron chi connectivity index (χ4n) is 8.02. The number of imidazole rings is 1. The standard InChI is InChI=1S/C41H48N10O7/c1-2-34(54)46-31-19-32(37(56)36(31)55)51-23-44-35-38(43-21-30(24-3-8-28(52)9-4-24)25-5-10-29(53)11-6-25)47-41(48-39(35)51)50-14-13-27(22-50)45-40(57)26-7-12-33(42-20-26)49-15-17-58-18-16-49/h3-12,20,23,27,30-32,36-37,52-53,55-56H,2,13-19,21-22H2,1H3,(H,45,57)(H,46,54)(H,43,47,48)/t27-,31-,32+,36+,37-/m0/s1. The molecule has 7 N–H and O–H groups in total. The molecule has 3 aromatic heterocycles. The maximum absolute atomic E-state index is 13.4. The Balaban J connectivity index is 1.07. The third kappa shape index (κ3) is 8.19. The number of phenols is 2. The number of nitrogens with one attached hydrogen (secondary N) is 3. The molecule has 0 spiro atoms. The fourth-order valence-corrected chi connectivity index (χ4v) is 8.02. The molecule has 58 heavy (non-hydrogen) atoms. The Labute approximate surface area is 334 Å². The first-order chi connectivity index (χ1) is 28.1. The van der Waals surface area contributed by atoms with E-state index in [-0.39, 0.29) is 48.1 Å². The predicted molar refractivity (Wildman–Crippen MR) is 215 cm³/mol. The molecule has 1 aliphatic carbocycles. The van der Waals surface area contributed by atoms with Crippen LogP contribution in [0, 0.1) is 0 Å². The lowest BCUT2D eigenvalue weighted by Gasteiger charge is -2.27. The number of amides is 2. The van der Waals surface area contributed by atoms with E-state index in [1.165, 1.54) is 0 Å². The van der Waals surface area contributed by atoms with Gasteiger partial charge < -0.3 is 55.5 Å². The van der Waals surface area contributed by atoms with Crippen molar-refractivity contribution in [1.29, 1.82) is 0 Å². The van der Waals surface area contributed by atoms with Crippen LogP contribution in [-0.4, -0.2) is 127 Å². The van der Waals surface area contributed by atoms with Gasteiger partial charge in [-0.2, -0.15) is 9.97 Å². The summed E-state index contributed by atoms with van der Waals surface area (Å²) in [6.45, 7) is 5.85. The van der Waals surface area contributed by atoms with Crippen molar-refractivity contribution in [2.75, 3.05) is 61.1 Å². The van der Waals surface area contributed by atoms with Crippen LogP contribution in [0.1, 0.15) is 59.6 Å². The number of aromatic hydroxyl groups is 2. The number of pyridine rings is 1. The van der Waals surface area contributed by atoms with E-state index in [0.29, 0.717) is 67.8 Å². The fraction of sp³-hybridized carbons (Fsp3) is 0.415. The van der Waals surface area contributed by atoms with Crippen molar-refractivity contribution < 1.29 is 34.8 Å². The molecular weight excluding hydrogens is 745 g/mol. The first-order valence-electron chi connectivity index (χ1n) is 19.7. The molecule has 0 bridgehead atoms. The average Bonchev–Trinajstić information content (AvgIpc) is 3.97. The van der Waals surface area contributed by atoms with Gasteiger partial charge in [-0.1, -0.05) is 31.2 Å². The van der Waals surface area contributed by atoms with Gasteiger partial charge >= 0.3 is 0 Å². The SMILES string of the molecule is CCC(=O)N[C@H]1C[C@@H](n2cnc3c(NCC(c4ccc(O)cc4)c4ccc(O)cc4)nc(N4CC[C@H](NC(=O)c5ccc(N6CCOCC6)nc5)C4)nc32)[C@H](O)[C@@H]1O. The van der Waals surface area contributed by atoms with Crippen molar-refractivity contribution in [2.24, 2.45) is 0 Å². The summed E-state index contributed by atoms with van der Waals surface area (Å²) in [6.07, 6.45) is 1.92. The highest BCUT2D eigenvalue weighted by Crippen LogP contribution is 2.36. The molecular formula is C41H48N10O7. The molecule has 2 aromatic carbocycles. The summed E-state index contributed by atoms with van der Waals surface area (Å²) in [5, 5.41) is 51.7. The number of aromatic nitrogens is 5. The zero-order valence-electron chi connectivity index (χ0n) is 32.1. The first-order valence-corrected chi connectivity index (χ1v) is 19.7. The second-order valence-electron chi connectivity index (χ2n) is 15.0. The average molecular weight is 793 g/mol. The number of phenolic OH excluding ortho intramolecular Hbond substituents is 2. The number of hydrogen-bond donors (Lipinski definition) is 7. The smallest absolute Gasteiger partial charge is 0.253 e. The molecule has 304 valence electrons. The van der Waals surface area contributed by atoms with Gasteiger partial charge in [0.1, 0.15) is 29.5 Å². The number of morpholine rings is 1. The Hall–Kier alpha value is -6.04. The van der Waals surface area contributed by atoms with Crippen molar-refractivity contribution in [3.63, 3.8) is 0 Å². The largest absolute Gasteiger partial charge is 0.508 e. The number of hydrogen-bond acceptors (Lipinski definition) is 14. The van der Waals surface area contributed by atoms with Crippen LogP contribution in [0.2, 0.25) is 0 Å². The molecule has 17 heteroatoms.